The molecule has 1 nitrogen and oxygen atoms in total. The molecule has 62 valence electrons. The fourth-order valence-electron chi connectivity index (χ4n) is 0.877. The van der Waals surface area contributed by atoms with Crippen molar-refractivity contribution in [3.05, 3.63) is 28.8 Å². The first-order chi connectivity index (χ1) is 5.76. The van der Waals surface area contributed by atoms with E-state index in [0.717, 1.165) is 10.6 Å². The molecule has 0 radical (unpaired) electrons. The Morgan fingerprint density at radius 2 is 2.25 bits per heavy atom. The summed E-state index contributed by atoms with van der Waals surface area (Å²) < 4.78 is 0. The van der Waals surface area contributed by atoms with Gasteiger partial charge in [-0.05, 0) is 24.0 Å². The zero-order valence-corrected chi connectivity index (χ0v) is 8.25. The topological polar surface area (TPSA) is 23.8 Å². The largest absolute Gasteiger partial charge is 0.192 e. The van der Waals surface area contributed by atoms with E-state index in [0.29, 0.717) is 10.6 Å². The van der Waals surface area contributed by atoms with E-state index >= 15 is 0 Å². The Hall–Kier alpha value is -0.650. The highest BCUT2D eigenvalue weighted by molar-refractivity contribution is 7.99. The molecule has 0 atom stereocenters. The summed E-state index contributed by atoms with van der Waals surface area (Å²) in [6, 6.07) is 7.46. The van der Waals surface area contributed by atoms with Gasteiger partial charge in [0.25, 0.3) is 0 Å². The highest BCUT2D eigenvalue weighted by atomic mass is 35.5. The fourth-order valence-corrected chi connectivity index (χ4v) is 1.93. The summed E-state index contributed by atoms with van der Waals surface area (Å²) in [4.78, 5) is 1.06. The predicted molar refractivity (Wildman–Crippen MR) is 52.6 cm³/mol. The van der Waals surface area contributed by atoms with E-state index in [4.69, 9.17) is 16.9 Å². The Morgan fingerprint density at radius 3 is 2.83 bits per heavy atom. The molecular formula is C9H8ClNS. The molecule has 0 amide bonds. The van der Waals surface area contributed by atoms with Crippen molar-refractivity contribution >= 4 is 23.4 Å². The lowest BCUT2D eigenvalue weighted by molar-refractivity contribution is 1.39. The molecule has 0 spiro atoms. The Morgan fingerprint density at radius 1 is 1.50 bits per heavy atom. The van der Waals surface area contributed by atoms with Gasteiger partial charge in [0, 0.05) is 9.92 Å². The maximum absolute atomic E-state index is 8.64. The molecule has 0 unspecified atom stereocenters. The third-order valence-corrected chi connectivity index (χ3v) is 2.39. The van der Waals surface area contributed by atoms with Crippen LogP contribution in [0.1, 0.15) is 12.5 Å². The molecule has 0 heterocycles. The lowest BCUT2D eigenvalue weighted by Gasteiger charge is -1.99. The molecule has 0 aromatic heterocycles. The summed E-state index contributed by atoms with van der Waals surface area (Å²) in [6.07, 6.45) is 0. The van der Waals surface area contributed by atoms with Gasteiger partial charge in [0.2, 0.25) is 0 Å². The SMILES string of the molecule is CCSc1cc(Cl)cc(C#N)c1. The van der Waals surface area contributed by atoms with E-state index < -0.39 is 0 Å². The normalized spacial score (nSPS) is 9.42. The van der Waals surface area contributed by atoms with Gasteiger partial charge in [-0.3, -0.25) is 0 Å². The molecule has 0 fully saturated rings. The van der Waals surface area contributed by atoms with E-state index in [-0.39, 0.29) is 0 Å². The second kappa shape index (κ2) is 4.39. The fraction of sp³-hybridized carbons (Fsp3) is 0.222. The van der Waals surface area contributed by atoms with Gasteiger partial charge >= 0.3 is 0 Å². The van der Waals surface area contributed by atoms with Crippen LogP contribution in [0.2, 0.25) is 5.02 Å². The summed E-state index contributed by atoms with van der Waals surface area (Å²) in [5, 5.41) is 9.27. The molecule has 0 aliphatic rings. The maximum atomic E-state index is 8.64. The van der Waals surface area contributed by atoms with Gasteiger partial charge in [-0.25, -0.2) is 0 Å². The van der Waals surface area contributed by atoms with Crippen LogP contribution in [0.4, 0.5) is 0 Å². The minimum Gasteiger partial charge on any atom is -0.192 e. The molecule has 0 aliphatic heterocycles. The van der Waals surface area contributed by atoms with Crippen LogP contribution in [0.3, 0.4) is 0 Å². The van der Waals surface area contributed by atoms with Gasteiger partial charge in [-0.15, -0.1) is 11.8 Å². The Labute approximate surface area is 81.3 Å². The number of rotatable bonds is 2. The van der Waals surface area contributed by atoms with Crippen LogP contribution in [0.25, 0.3) is 0 Å². The molecule has 0 saturated carbocycles. The van der Waals surface area contributed by atoms with Crippen LogP contribution in [0.15, 0.2) is 23.1 Å². The van der Waals surface area contributed by atoms with Gasteiger partial charge in [-0.2, -0.15) is 5.26 Å². The molecule has 1 rings (SSSR count). The number of hydrogen-bond donors (Lipinski definition) is 0. The summed E-state index contributed by atoms with van der Waals surface area (Å²) in [7, 11) is 0. The van der Waals surface area contributed by atoms with Crippen molar-refractivity contribution in [3.8, 4) is 6.07 Å². The number of benzene rings is 1. The Bertz CT molecular complexity index is 317. The second-order valence-electron chi connectivity index (χ2n) is 2.22. The molecule has 1 aromatic rings. The highest BCUT2D eigenvalue weighted by Gasteiger charge is 1.98. The third-order valence-electron chi connectivity index (χ3n) is 1.31. The first-order valence-corrected chi connectivity index (χ1v) is 4.96. The van der Waals surface area contributed by atoms with Gasteiger partial charge in [0.05, 0.1) is 11.6 Å². The van der Waals surface area contributed by atoms with E-state index in [1.807, 2.05) is 12.1 Å². The average Bonchev–Trinajstić information content (AvgIpc) is 2.04. The lowest BCUT2D eigenvalue weighted by Crippen LogP contribution is -1.78. The summed E-state index contributed by atoms with van der Waals surface area (Å²) in [5.74, 6) is 0.991. The van der Waals surface area contributed by atoms with Crippen molar-refractivity contribution in [1.82, 2.24) is 0 Å². The molecule has 0 N–H and O–H groups in total. The second-order valence-corrected chi connectivity index (χ2v) is 3.99. The molecule has 0 bridgehead atoms. The van der Waals surface area contributed by atoms with E-state index in [9.17, 15) is 0 Å². The summed E-state index contributed by atoms with van der Waals surface area (Å²) in [6.45, 7) is 2.07. The molecule has 0 aliphatic carbocycles. The van der Waals surface area contributed by atoms with Crippen molar-refractivity contribution in [2.75, 3.05) is 5.75 Å². The van der Waals surface area contributed by atoms with Gasteiger partial charge in [0.1, 0.15) is 0 Å². The predicted octanol–water partition coefficient (Wildman–Crippen LogP) is 3.32. The Kier molecular flexibility index (Phi) is 3.46. The number of nitriles is 1. The Balaban J connectivity index is 3.00. The van der Waals surface area contributed by atoms with Crippen LogP contribution in [-0.2, 0) is 0 Å². The van der Waals surface area contributed by atoms with Gasteiger partial charge in [-0.1, -0.05) is 18.5 Å². The van der Waals surface area contributed by atoms with Gasteiger partial charge < -0.3 is 0 Å². The van der Waals surface area contributed by atoms with Gasteiger partial charge in [0.15, 0.2) is 0 Å². The minimum atomic E-state index is 0.624. The van der Waals surface area contributed by atoms with E-state index in [1.54, 1.807) is 17.8 Å². The van der Waals surface area contributed by atoms with Crippen molar-refractivity contribution in [3.63, 3.8) is 0 Å². The van der Waals surface area contributed by atoms with Crippen LogP contribution in [-0.4, -0.2) is 5.75 Å². The quantitative estimate of drug-likeness (QED) is 0.680. The first-order valence-electron chi connectivity index (χ1n) is 3.59. The molecule has 1 aromatic carbocycles. The molecule has 3 heteroatoms. The van der Waals surface area contributed by atoms with Crippen LogP contribution in [0.5, 0.6) is 0 Å². The number of thioether (sulfide) groups is 1. The molecule has 0 saturated heterocycles. The van der Waals surface area contributed by atoms with Crippen LogP contribution >= 0.6 is 23.4 Å². The van der Waals surface area contributed by atoms with E-state index in [2.05, 4.69) is 13.0 Å². The zero-order valence-electron chi connectivity index (χ0n) is 6.67. The van der Waals surface area contributed by atoms with Crippen molar-refractivity contribution in [1.29, 1.82) is 5.26 Å². The average molecular weight is 198 g/mol. The van der Waals surface area contributed by atoms with Crippen molar-refractivity contribution in [2.45, 2.75) is 11.8 Å². The maximum Gasteiger partial charge on any atom is 0.0992 e. The van der Waals surface area contributed by atoms with E-state index in [1.165, 1.54) is 0 Å². The van der Waals surface area contributed by atoms with Crippen molar-refractivity contribution in [2.24, 2.45) is 0 Å². The van der Waals surface area contributed by atoms with Crippen molar-refractivity contribution < 1.29 is 0 Å². The smallest absolute Gasteiger partial charge is 0.0992 e. The molecule has 12 heavy (non-hydrogen) atoms. The zero-order chi connectivity index (χ0) is 8.97. The number of hydrogen-bond acceptors (Lipinski definition) is 2. The number of nitrogens with zero attached hydrogens (tertiary/aromatic N) is 1. The number of halogens is 1. The summed E-state index contributed by atoms with van der Waals surface area (Å²) in [5.41, 5.74) is 0.624. The highest BCUT2D eigenvalue weighted by Crippen LogP contribution is 2.23. The summed E-state index contributed by atoms with van der Waals surface area (Å²) >= 11 is 7.48. The first kappa shape index (κ1) is 9.44. The standard InChI is InChI=1S/C9H8ClNS/c1-2-12-9-4-7(6-11)3-8(10)5-9/h3-5H,2H2,1H3. The molecular weight excluding hydrogens is 190 g/mol. The van der Waals surface area contributed by atoms with Crippen LogP contribution in [0, 0.1) is 11.3 Å². The minimum absolute atomic E-state index is 0.624. The third kappa shape index (κ3) is 2.44. The lowest BCUT2D eigenvalue weighted by atomic mass is 10.2. The monoisotopic (exact) mass is 197 g/mol. The van der Waals surface area contributed by atoms with Crippen LogP contribution < -0.4 is 0 Å².